The SMILES string of the molecule is Cc1noc(C)c1CNC(=O)N1CCCC[C@H]1CCn1ccnc1. The summed E-state index contributed by atoms with van der Waals surface area (Å²) in [5.41, 5.74) is 1.80. The molecule has 1 saturated heterocycles. The number of aryl methyl sites for hydroxylation is 3. The number of nitrogens with one attached hydrogen (secondary N) is 1. The summed E-state index contributed by atoms with van der Waals surface area (Å²) in [6.45, 7) is 5.94. The molecular formula is C17H25N5O2. The monoisotopic (exact) mass is 331 g/mol. The van der Waals surface area contributed by atoms with Crippen molar-refractivity contribution >= 4 is 6.03 Å². The van der Waals surface area contributed by atoms with Crippen LogP contribution in [0.2, 0.25) is 0 Å². The van der Waals surface area contributed by atoms with Gasteiger partial charge in [0, 0.05) is 43.6 Å². The van der Waals surface area contributed by atoms with E-state index in [0.29, 0.717) is 6.54 Å². The molecule has 0 spiro atoms. The second-order valence-electron chi connectivity index (χ2n) is 6.39. The van der Waals surface area contributed by atoms with E-state index in [1.165, 1.54) is 6.42 Å². The van der Waals surface area contributed by atoms with E-state index in [-0.39, 0.29) is 12.1 Å². The summed E-state index contributed by atoms with van der Waals surface area (Å²) in [5.74, 6) is 0.767. The van der Waals surface area contributed by atoms with E-state index in [4.69, 9.17) is 4.52 Å². The summed E-state index contributed by atoms with van der Waals surface area (Å²) in [6.07, 6.45) is 9.84. The summed E-state index contributed by atoms with van der Waals surface area (Å²) in [5, 5.41) is 6.96. The van der Waals surface area contributed by atoms with Crippen molar-refractivity contribution < 1.29 is 9.32 Å². The summed E-state index contributed by atoms with van der Waals surface area (Å²) in [7, 11) is 0. The predicted octanol–water partition coefficient (Wildman–Crippen LogP) is 2.64. The summed E-state index contributed by atoms with van der Waals surface area (Å²) in [6, 6.07) is 0.288. The molecule has 2 aromatic heterocycles. The van der Waals surface area contributed by atoms with Gasteiger partial charge in [0.05, 0.1) is 12.0 Å². The van der Waals surface area contributed by atoms with Gasteiger partial charge in [-0.2, -0.15) is 0 Å². The van der Waals surface area contributed by atoms with Crippen molar-refractivity contribution in [2.75, 3.05) is 6.54 Å². The Hall–Kier alpha value is -2.31. The molecule has 1 N–H and O–H groups in total. The van der Waals surface area contributed by atoms with E-state index < -0.39 is 0 Å². The molecule has 1 atom stereocenters. The number of hydrogen-bond acceptors (Lipinski definition) is 4. The van der Waals surface area contributed by atoms with Crippen LogP contribution in [0.5, 0.6) is 0 Å². The molecule has 130 valence electrons. The number of carbonyl (C=O) groups excluding carboxylic acids is 1. The smallest absolute Gasteiger partial charge is 0.317 e. The lowest BCUT2D eigenvalue weighted by atomic mass is 9.99. The fourth-order valence-corrected chi connectivity index (χ4v) is 3.30. The maximum Gasteiger partial charge on any atom is 0.317 e. The quantitative estimate of drug-likeness (QED) is 0.914. The van der Waals surface area contributed by atoms with E-state index in [2.05, 4.69) is 20.0 Å². The Labute approximate surface area is 142 Å². The molecule has 0 bridgehead atoms. The van der Waals surface area contributed by atoms with Crippen LogP contribution in [0.15, 0.2) is 23.2 Å². The Bertz CT molecular complexity index is 645. The topological polar surface area (TPSA) is 76.2 Å². The molecule has 1 fully saturated rings. The van der Waals surface area contributed by atoms with Crippen molar-refractivity contribution in [3.05, 3.63) is 35.7 Å². The van der Waals surface area contributed by atoms with Gasteiger partial charge in [0.1, 0.15) is 5.76 Å². The van der Waals surface area contributed by atoms with Crippen LogP contribution in [-0.2, 0) is 13.1 Å². The molecule has 0 aromatic carbocycles. The molecule has 1 aliphatic heterocycles. The van der Waals surface area contributed by atoms with E-state index in [9.17, 15) is 4.79 Å². The Morgan fingerprint density at radius 3 is 3.00 bits per heavy atom. The average molecular weight is 331 g/mol. The molecule has 24 heavy (non-hydrogen) atoms. The number of hydrogen-bond donors (Lipinski definition) is 1. The normalized spacial score (nSPS) is 17.9. The number of urea groups is 1. The Morgan fingerprint density at radius 1 is 1.42 bits per heavy atom. The number of amides is 2. The van der Waals surface area contributed by atoms with Crippen molar-refractivity contribution in [3.63, 3.8) is 0 Å². The van der Waals surface area contributed by atoms with Crippen molar-refractivity contribution in [3.8, 4) is 0 Å². The van der Waals surface area contributed by atoms with Crippen LogP contribution in [0.3, 0.4) is 0 Å². The van der Waals surface area contributed by atoms with E-state index >= 15 is 0 Å². The predicted molar refractivity (Wildman–Crippen MR) is 89.4 cm³/mol. The zero-order valence-corrected chi connectivity index (χ0v) is 14.4. The van der Waals surface area contributed by atoms with Gasteiger partial charge in [-0.15, -0.1) is 0 Å². The van der Waals surface area contributed by atoms with Crippen LogP contribution in [0, 0.1) is 13.8 Å². The minimum absolute atomic E-state index is 0.00494. The van der Waals surface area contributed by atoms with Gasteiger partial charge >= 0.3 is 6.03 Å². The van der Waals surface area contributed by atoms with Crippen molar-refractivity contribution in [2.24, 2.45) is 0 Å². The van der Waals surface area contributed by atoms with Gasteiger partial charge in [0.2, 0.25) is 0 Å². The second kappa shape index (κ2) is 7.51. The zero-order chi connectivity index (χ0) is 16.9. The second-order valence-corrected chi connectivity index (χ2v) is 6.39. The first kappa shape index (κ1) is 16.5. The van der Waals surface area contributed by atoms with Crippen molar-refractivity contribution in [2.45, 2.75) is 58.7 Å². The highest BCUT2D eigenvalue weighted by Gasteiger charge is 2.26. The van der Waals surface area contributed by atoms with Gasteiger partial charge < -0.3 is 19.3 Å². The maximum absolute atomic E-state index is 12.6. The fourth-order valence-electron chi connectivity index (χ4n) is 3.30. The van der Waals surface area contributed by atoms with Crippen LogP contribution >= 0.6 is 0 Å². The number of nitrogens with zero attached hydrogens (tertiary/aromatic N) is 4. The van der Waals surface area contributed by atoms with E-state index in [0.717, 1.165) is 49.4 Å². The number of carbonyl (C=O) groups is 1. The molecule has 0 aliphatic carbocycles. The van der Waals surface area contributed by atoms with Crippen LogP contribution in [0.4, 0.5) is 4.79 Å². The molecule has 3 heterocycles. The first-order chi connectivity index (χ1) is 11.6. The van der Waals surface area contributed by atoms with Crippen molar-refractivity contribution in [1.82, 2.24) is 24.9 Å². The summed E-state index contributed by atoms with van der Waals surface area (Å²) >= 11 is 0. The highest BCUT2D eigenvalue weighted by atomic mass is 16.5. The molecule has 3 rings (SSSR count). The number of imidazole rings is 1. The highest BCUT2D eigenvalue weighted by Crippen LogP contribution is 2.21. The van der Waals surface area contributed by atoms with Crippen molar-refractivity contribution in [1.29, 1.82) is 0 Å². The molecule has 7 nitrogen and oxygen atoms in total. The number of aromatic nitrogens is 3. The van der Waals surface area contributed by atoms with E-state index in [1.54, 1.807) is 6.20 Å². The number of rotatable bonds is 5. The van der Waals surface area contributed by atoms with Crippen LogP contribution in [0.1, 0.15) is 42.7 Å². The summed E-state index contributed by atoms with van der Waals surface area (Å²) in [4.78, 5) is 18.7. The molecule has 2 aromatic rings. The van der Waals surface area contributed by atoms with Crippen LogP contribution in [-0.4, -0.2) is 38.2 Å². The third-order valence-electron chi connectivity index (χ3n) is 4.77. The lowest BCUT2D eigenvalue weighted by Crippen LogP contribution is -2.48. The van der Waals surface area contributed by atoms with E-state index in [1.807, 2.05) is 31.3 Å². The van der Waals surface area contributed by atoms with Gasteiger partial charge in [-0.05, 0) is 39.5 Å². The Balaban J connectivity index is 1.56. The Kier molecular flexibility index (Phi) is 5.17. The van der Waals surface area contributed by atoms with Crippen LogP contribution in [0.25, 0.3) is 0 Å². The van der Waals surface area contributed by atoms with Gasteiger partial charge in [-0.3, -0.25) is 0 Å². The van der Waals surface area contributed by atoms with Gasteiger partial charge in [-0.25, -0.2) is 9.78 Å². The molecule has 7 heteroatoms. The van der Waals surface area contributed by atoms with Gasteiger partial charge in [0.15, 0.2) is 0 Å². The molecule has 0 saturated carbocycles. The molecule has 2 amide bonds. The third-order valence-corrected chi connectivity index (χ3v) is 4.77. The Morgan fingerprint density at radius 2 is 2.29 bits per heavy atom. The molecule has 0 unspecified atom stereocenters. The lowest BCUT2D eigenvalue weighted by Gasteiger charge is -2.36. The maximum atomic E-state index is 12.6. The van der Waals surface area contributed by atoms with Crippen LogP contribution < -0.4 is 5.32 Å². The standard InChI is InChI=1S/C17H25N5O2/c1-13-16(14(2)24-20-13)11-19-17(23)22-8-4-3-5-15(22)6-9-21-10-7-18-12-21/h7,10,12,15H,3-6,8-9,11H2,1-2H3,(H,19,23)/t15-/m0/s1. The van der Waals surface area contributed by atoms with Gasteiger partial charge in [0.25, 0.3) is 0 Å². The average Bonchev–Trinajstić information content (AvgIpc) is 3.22. The first-order valence-corrected chi connectivity index (χ1v) is 8.57. The number of piperidine rings is 1. The first-order valence-electron chi connectivity index (χ1n) is 8.57. The summed E-state index contributed by atoms with van der Waals surface area (Å²) < 4.78 is 7.21. The minimum Gasteiger partial charge on any atom is -0.361 e. The molecule has 1 aliphatic rings. The zero-order valence-electron chi connectivity index (χ0n) is 14.4. The molecule has 0 radical (unpaired) electrons. The molecular weight excluding hydrogens is 306 g/mol. The lowest BCUT2D eigenvalue weighted by molar-refractivity contribution is 0.143. The van der Waals surface area contributed by atoms with Gasteiger partial charge in [-0.1, -0.05) is 5.16 Å². The number of likely N-dealkylation sites (tertiary alicyclic amines) is 1. The largest absolute Gasteiger partial charge is 0.361 e. The highest BCUT2D eigenvalue weighted by molar-refractivity contribution is 5.74. The minimum atomic E-state index is 0.00494. The third kappa shape index (κ3) is 3.77. The fraction of sp³-hybridized carbons (Fsp3) is 0.588.